The van der Waals surface area contributed by atoms with Gasteiger partial charge in [0.1, 0.15) is 6.07 Å². The smallest absolute Gasteiger partial charge is 0.273 e. The Bertz CT molecular complexity index is 848. The van der Waals surface area contributed by atoms with Crippen LogP contribution in [0.5, 0.6) is 0 Å². The molecular formula is C17H12BrN3O2. The Hall–Kier alpha value is -2.31. The minimum Gasteiger partial charge on any atom is -0.461 e. The first kappa shape index (κ1) is 14.3. The molecule has 2 aliphatic heterocycles. The third-order valence-corrected chi connectivity index (χ3v) is 5.77. The van der Waals surface area contributed by atoms with E-state index < -0.39 is 5.60 Å². The number of fused-ring (bicyclic) bond motifs is 4. The second kappa shape index (κ2) is 4.84. The number of amides is 1. The monoisotopic (exact) mass is 369 g/mol. The number of halogens is 1. The first-order valence-corrected chi connectivity index (χ1v) is 8.26. The first-order valence-electron chi connectivity index (χ1n) is 7.47. The third-order valence-electron chi connectivity index (χ3n) is 5.11. The van der Waals surface area contributed by atoms with E-state index in [0.717, 1.165) is 29.3 Å². The van der Waals surface area contributed by atoms with Gasteiger partial charge in [-0.25, -0.2) is 0 Å². The molecular weight excluding hydrogens is 358 g/mol. The van der Waals surface area contributed by atoms with Crippen molar-refractivity contribution in [2.24, 2.45) is 11.8 Å². The molecule has 5 nitrogen and oxygen atoms in total. The molecule has 1 fully saturated rings. The number of carbonyl (C=O) groups excluding carboxylic acids is 1. The van der Waals surface area contributed by atoms with Crippen molar-refractivity contribution in [1.82, 2.24) is 0 Å². The van der Waals surface area contributed by atoms with E-state index >= 15 is 0 Å². The van der Waals surface area contributed by atoms with Crippen LogP contribution in [-0.4, -0.2) is 5.91 Å². The topological polar surface area (TPSA) is 85.9 Å². The van der Waals surface area contributed by atoms with Gasteiger partial charge in [-0.2, -0.15) is 10.5 Å². The quantitative estimate of drug-likeness (QED) is 0.759. The number of hydrogen-bond acceptors (Lipinski definition) is 4. The van der Waals surface area contributed by atoms with E-state index in [1.165, 1.54) is 0 Å². The molecule has 1 aromatic carbocycles. The van der Waals surface area contributed by atoms with Gasteiger partial charge in [-0.3, -0.25) is 4.79 Å². The molecule has 1 N–H and O–H groups in total. The second-order valence-electron chi connectivity index (χ2n) is 6.06. The number of anilines is 1. The van der Waals surface area contributed by atoms with Crippen LogP contribution in [0.25, 0.3) is 0 Å². The van der Waals surface area contributed by atoms with Crippen LogP contribution < -0.4 is 5.32 Å². The van der Waals surface area contributed by atoms with Crippen LogP contribution in [0.15, 0.2) is 34.0 Å². The van der Waals surface area contributed by atoms with Crippen LogP contribution in [0.1, 0.15) is 24.8 Å². The Balaban J connectivity index is 2.01. The average Bonchev–Trinajstić information content (AvgIpc) is 3.12. The number of ether oxygens (including phenoxy) is 1. The van der Waals surface area contributed by atoms with Gasteiger partial charge in [-0.1, -0.05) is 28.4 Å². The summed E-state index contributed by atoms with van der Waals surface area (Å²) < 4.78 is 6.75. The normalized spacial score (nSPS) is 31.0. The van der Waals surface area contributed by atoms with E-state index in [-0.39, 0.29) is 23.5 Å². The van der Waals surface area contributed by atoms with Gasteiger partial charge in [-0.05, 0) is 25.0 Å². The summed E-state index contributed by atoms with van der Waals surface area (Å²) in [6.07, 6.45) is 2.51. The van der Waals surface area contributed by atoms with Gasteiger partial charge < -0.3 is 10.1 Å². The molecule has 1 saturated carbocycles. The van der Waals surface area contributed by atoms with Crippen LogP contribution in [0.4, 0.5) is 5.69 Å². The maximum atomic E-state index is 12.9. The maximum Gasteiger partial charge on any atom is 0.273 e. The number of allylic oxidation sites excluding steroid dienone is 2. The largest absolute Gasteiger partial charge is 0.461 e. The lowest BCUT2D eigenvalue weighted by atomic mass is 9.71. The molecule has 0 bridgehead atoms. The Morgan fingerprint density at radius 1 is 1.30 bits per heavy atom. The summed E-state index contributed by atoms with van der Waals surface area (Å²) in [6, 6.07) is 9.64. The summed E-state index contributed by atoms with van der Waals surface area (Å²) >= 11 is 3.52. The molecule has 0 radical (unpaired) electrons. The van der Waals surface area contributed by atoms with Gasteiger partial charge in [0, 0.05) is 27.6 Å². The predicted molar refractivity (Wildman–Crippen MR) is 84.6 cm³/mol. The van der Waals surface area contributed by atoms with E-state index in [1.807, 2.05) is 24.3 Å². The van der Waals surface area contributed by atoms with Crippen molar-refractivity contribution in [3.63, 3.8) is 0 Å². The van der Waals surface area contributed by atoms with Crippen molar-refractivity contribution >= 4 is 27.5 Å². The Morgan fingerprint density at radius 2 is 2.13 bits per heavy atom. The molecule has 0 aromatic heterocycles. The molecule has 3 atom stereocenters. The summed E-state index contributed by atoms with van der Waals surface area (Å²) in [5.41, 5.74) is 0.607. The Kier molecular flexibility index (Phi) is 3.01. The number of nitriles is 2. The van der Waals surface area contributed by atoms with E-state index in [2.05, 4.69) is 27.3 Å². The molecule has 0 saturated heterocycles. The predicted octanol–water partition coefficient (Wildman–Crippen LogP) is 3.34. The second-order valence-corrected chi connectivity index (χ2v) is 6.92. The fourth-order valence-corrected chi connectivity index (χ4v) is 4.92. The van der Waals surface area contributed by atoms with Crippen molar-refractivity contribution in [3.05, 3.63) is 39.6 Å². The van der Waals surface area contributed by atoms with Gasteiger partial charge in [0.15, 0.2) is 0 Å². The van der Waals surface area contributed by atoms with Gasteiger partial charge in [0.2, 0.25) is 11.4 Å². The number of nitrogens with zero attached hydrogens (tertiary/aromatic N) is 2. The number of hydrogen-bond donors (Lipinski definition) is 1. The molecule has 3 unspecified atom stereocenters. The lowest BCUT2D eigenvalue weighted by Gasteiger charge is -2.41. The highest BCUT2D eigenvalue weighted by molar-refractivity contribution is 9.10. The zero-order valence-corrected chi connectivity index (χ0v) is 13.7. The fourth-order valence-electron chi connectivity index (χ4n) is 4.25. The summed E-state index contributed by atoms with van der Waals surface area (Å²) in [7, 11) is 0. The maximum absolute atomic E-state index is 12.9. The first-order chi connectivity index (χ1) is 11.1. The molecule has 6 heteroatoms. The van der Waals surface area contributed by atoms with Gasteiger partial charge in [-0.15, -0.1) is 0 Å². The Labute approximate surface area is 141 Å². The number of rotatable bonds is 0. The highest BCUT2D eigenvalue weighted by Crippen LogP contribution is 2.58. The summed E-state index contributed by atoms with van der Waals surface area (Å²) in [6.45, 7) is 0. The number of carbonyl (C=O) groups is 1. The number of nitrogens with one attached hydrogen (secondary N) is 1. The molecule has 3 aliphatic rings. The molecule has 2 heterocycles. The molecule has 1 aliphatic carbocycles. The van der Waals surface area contributed by atoms with Crippen LogP contribution in [0.3, 0.4) is 0 Å². The van der Waals surface area contributed by atoms with Crippen molar-refractivity contribution in [3.8, 4) is 12.1 Å². The van der Waals surface area contributed by atoms with Crippen molar-refractivity contribution < 1.29 is 9.53 Å². The highest BCUT2D eigenvalue weighted by atomic mass is 79.9. The van der Waals surface area contributed by atoms with Crippen molar-refractivity contribution in [2.75, 3.05) is 5.32 Å². The van der Waals surface area contributed by atoms with E-state index in [0.29, 0.717) is 11.3 Å². The molecule has 114 valence electrons. The van der Waals surface area contributed by atoms with Crippen LogP contribution in [-0.2, 0) is 15.1 Å². The molecule has 4 rings (SSSR count). The van der Waals surface area contributed by atoms with Crippen molar-refractivity contribution in [2.45, 2.75) is 24.9 Å². The van der Waals surface area contributed by atoms with Crippen molar-refractivity contribution in [1.29, 1.82) is 10.5 Å². The average molecular weight is 370 g/mol. The molecule has 1 amide bonds. The minimum atomic E-state index is -1.22. The molecule has 1 aromatic rings. The number of benzene rings is 1. The fraction of sp³-hybridized carbons (Fsp3) is 0.353. The molecule has 1 spiro atoms. The third kappa shape index (κ3) is 1.67. The van der Waals surface area contributed by atoms with Crippen LogP contribution in [0, 0.1) is 34.5 Å². The standard InChI is InChI=1S/C17H12BrN3O2/c18-12-5-2-6-13-15(12)17(16(22)21-13)11-4-1-3-9(11)10(7-19)14(8-20)23-17/h2,5-6,9,11H,1,3-4H2,(H,21,22). The van der Waals surface area contributed by atoms with Gasteiger partial charge in [0.05, 0.1) is 11.6 Å². The summed E-state index contributed by atoms with van der Waals surface area (Å²) in [5.74, 6) is -0.503. The lowest BCUT2D eigenvalue weighted by molar-refractivity contribution is -0.146. The van der Waals surface area contributed by atoms with E-state index in [9.17, 15) is 15.3 Å². The highest BCUT2D eigenvalue weighted by Gasteiger charge is 2.62. The summed E-state index contributed by atoms with van der Waals surface area (Å²) in [4.78, 5) is 12.9. The minimum absolute atomic E-state index is 0.0191. The zero-order chi connectivity index (χ0) is 16.2. The van der Waals surface area contributed by atoms with Gasteiger partial charge in [0.25, 0.3) is 5.91 Å². The van der Waals surface area contributed by atoms with E-state index in [4.69, 9.17) is 4.74 Å². The lowest BCUT2D eigenvalue weighted by Crippen LogP contribution is -2.48. The Morgan fingerprint density at radius 3 is 2.87 bits per heavy atom. The zero-order valence-electron chi connectivity index (χ0n) is 12.1. The molecule has 23 heavy (non-hydrogen) atoms. The van der Waals surface area contributed by atoms with Crippen LogP contribution >= 0.6 is 15.9 Å². The summed E-state index contributed by atoms with van der Waals surface area (Å²) in [5, 5.41) is 21.8. The SMILES string of the molecule is N#CC1=C(C#N)C2CCCC2C2(O1)C(=O)Nc1cccc(Br)c12. The van der Waals surface area contributed by atoms with Gasteiger partial charge >= 0.3 is 0 Å². The van der Waals surface area contributed by atoms with Crippen LogP contribution in [0.2, 0.25) is 0 Å². The van der Waals surface area contributed by atoms with E-state index in [1.54, 1.807) is 0 Å².